The highest BCUT2D eigenvalue weighted by Gasteiger charge is 2.33. The molecule has 6 rings (SSSR count). The number of ketones is 1. The van der Waals surface area contributed by atoms with Crippen molar-refractivity contribution in [2.75, 3.05) is 19.0 Å². The minimum absolute atomic E-state index is 0.0719. The van der Waals surface area contributed by atoms with Crippen molar-refractivity contribution in [3.05, 3.63) is 167 Å². The molecule has 1 amide bonds. The second kappa shape index (κ2) is 15.6. The Morgan fingerprint density at radius 1 is 0.667 bits per heavy atom. The van der Waals surface area contributed by atoms with Gasteiger partial charge < -0.3 is 19.9 Å². The van der Waals surface area contributed by atoms with Crippen LogP contribution in [-0.4, -0.2) is 54.1 Å². The summed E-state index contributed by atoms with van der Waals surface area (Å²) in [5.74, 6) is -1.43. The third-order valence-corrected chi connectivity index (χ3v) is 9.79. The van der Waals surface area contributed by atoms with E-state index in [1.54, 1.807) is 30.3 Å². The molecule has 2 atom stereocenters. The lowest BCUT2D eigenvalue weighted by Gasteiger charge is -2.26. The highest BCUT2D eigenvalue weighted by atomic mass is 32.2. The molecule has 48 heavy (non-hydrogen) atoms. The molecule has 242 valence electrons. The molecule has 0 heterocycles. The van der Waals surface area contributed by atoms with E-state index in [-0.39, 0.29) is 23.5 Å². The maximum atomic E-state index is 13.3. The molecule has 0 bridgehead atoms. The summed E-state index contributed by atoms with van der Waals surface area (Å²) in [4.78, 5) is 39.0. The summed E-state index contributed by atoms with van der Waals surface area (Å²) in [6.45, 7) is -0.468. The molecule has 2 N–H and O–H groups in total. The van der Waals surface area contributed by atoms with Crippen LogP contribution >= 0.6 is 11.8 Å². The SMILES string of the molecule is O=C(N[C@@H](CSC(c1ccccc1)c1ccccc1)[C@H](O)C(=O)OCC(=O)c1ccccc1)OCC1c2ccccc2-c2ccccc21. The van der Waals surface area contributed by atoms with Crippen molar-refractivity contribution in [3.63, 3.8) is 0 Å². The van der Waals surface area contributed by atoms with Crippen LogP contribution in [0.1, 0.15) is 43.8 Å². The molecule has 5 aromatic carbocycles. The fourth-order valence-corrected chi connectivity index (χ4v) is 7.30. The number of aliphatic hydroxyl groups excluding tert-OH is 1. The normalized spacial score (nSPS) is 13.2. The third-order valence-electron chi connectivity index (χ3n) is 8.36. The first-order valence-corrected chi connectivity index (χ1v) is 16.8. The van der Waals surface area contributed by atoms with Crippen LogP contribution in [0.5, 0.6) is 0 Å². The van der Waals surface area contributed by atoms with Crippen molar-refractivity contribution in [2.45, 2.75) is 23.3 Å². The van der Waals surface area contributed by atoms with Gasteiger partial charge >= 0.3 is 12.1 Å². The van der Waals surface area contributed by atoms with Gasteiger partial charge in [0.2, 0.25) is 0 Å². The summed E-state index contributed by atoms with van der Waals surface area (Å²) in [6.07, 6.45) is -2.53. The lowest BCUT2D eigenvalue weighted by molar-refractivity contribution is -0.153. The Kier molecular flexibility index (Phi) is 10.6. The monoisotopic (exact) mass is 657 g/mol. The number of benzene rings is 5. The first-order chi connectivity index (χ1) is 23.5. The molecule has 1 aliphatic carbocycles. The van der Waals surface area contributed by atoms with Crippen LogP contribution in [0.3, 0.4) is 0 Å². The van der Waals surface area contributed by atoms with Gasteiger partial charge in [-0.3, -0.25) is 4.79 Å². The van der Waals surface area contributed by atoms with Gasteiger partial charge in [0.05, 0.1) is 11.3 Å². The summed E-state index contributed by atoms with van der Waals surface area (Å²) in [5, 5.41) is 13.8. The zero-order valence-corrected chi connectivity index (χ0v) is 26.9. The molecular formula is C40H35NO6S. The predicted octanol–water partition coefficient (Wildman–Crippen LogP) is 7.20. The van der Waals surface area contributed by atoms with Crippen LogP contribution in [0, 0.1) is 0 Å². The van der Waals surface area contributed by atoms with Gasteiger partial charge in [0.25, 0.3) is 0 Å². The molecule has 7 nitrogen and oxygen atoms in total. The number of thioether (sulfide) groups is 1. The lowest BCUT2D eigenvalue weighted by Crippen LogP contribution is -2.49. The fourth-order valence-electron chi connectivity index (χ4n) is 5.94. The molecule has 0 saturated heterocycles. The van der Waals surface area contributed by atoms with E-state index in [4.69, 9.17) is 9.47 Å². The number of Topliss-reactive ketones (excluding diaryl/α,β-unsaturated/α-hetero) is 1. The number of rotatable bonds is 13. The molecule has 5 aromatic rings. The molecule has 0 spiro atoms. The number of alkyl carbamates (subject to hydrolysis) is 1. The average Bonchev–Trinajstić information content (AvgIpc) is 3.46. The van der Waals surface area contributed by atoms with Crippen LogP contribution < -0.4 is 5.32 Å². The van der Waals surface area contributed by atoms with Crippen LogP contribution in [0.25, 0.3) is 11.1 Å². The molecular weight excluding hydrogens is 623 g/mol. The highest BCUT2D eigenvalue weighted by Crippen LogP contribution is 2.44. The zero-order valence-electron chi connectivity index (χ0n) is 26.1. The quantitative estimate of drug-likeness (QED) is 0.102. The topological polar surface area (TPSA) is 102 Å². The Morgan fingerprint density at radius 2 is 1.17 bits per heavy atom. The van der Waals surface area contributed by atoms with Crippen molar-refractivity contribution >= 4 is 29.6 Å². The minimum Gasteiger partial charge on any atom is -0.455 e. The number of amides is 1. The Morgan fingerprint density at radius 3 is 1.73 bits per heavy atom. The van der Waals surface area contributed by atoms with E-state index >= 15 is 0 Å². The Labute approximate surface area is 283 Å². The Bertz CT molecular complexity index is 1770. The van der Waals surface area contributed by atoms with Gasteiger partial charge in [-0.15, -0.1) is 11.8 Å². The molecule has 0 fully saturated rings. The van der Waals surface area contributed by atoms with Gasteiger partial charge in [-0.05, 0) is 33.4 Å². The molecule has 0 aliphatic heterocycles. The van der Waals surface area contributed by atoms with Crippen LogP contribution in [0.15, 0.2) is 140 Å². The first-order valence-electron chi connectivity index (χ1n) is 15.8. The number of fused-ring (bicyclic) bond motifs is 3. The van der Waals surface area contributed by atoms with E-state index in [1.807, 2.05) is 97.1 Å². The van der Waals surface area contributed by atoms with E-state index < -0.39 is 36.6 Å². The van der Waals surface area contributed by atoms with Crippen molar-refractivity contribution in [2.24, 2.45) is 0 Å². The highest BCUT2D eigenvalue weighted by molar-refractivity contribution is 7.99. The smallest absolute Gasteiger partial charge is 0.407 e. The van der Waals surface area contributed by atoms with Crippen LogP contribution in [0.2, 0.25) is 0 Å². The van der Waals surface area contributed by atoms with Crippen molar-refractivity contribution < 1.29 is 29.0 Å². The predicted molar refractivity (Wildman–Crippen MR) is 187 cm³/mol. The fraction of sp³-hybridized carbons (Fsp3) is 0.175. The average molecular weight is 658 g/mol. The Balaban J connectivity index is 1.17. The van der Waals surface area contributed by atoms with Crippen molar-refractivity contribution in [1.82, 2.24) is 5.32 Å². The molecule has 0 unspecified atom stereocenters. The summed E-state index contributed by atoms with van der Waals surface area (Å²) in [5.41, 5.74) is 6.79. The standard InChI is InChI=1S/C40H35NO6S/c42-36(27-14-4-1-5-15-27)25-46-39(44)37(43)35(26-48-38(28-16-6-2-7-17-28)29-18-8-3-9-19-29)41-40(45)47-24-34-32-22-12-10-20-30(32)31-21-11-13-23-33(31)34/h1-23,34-35,37-38,43H,24-26H2,(H,41,45)/t35-,37-/m0/s1. The first kappa shape index (κ1) is 32.7. The van der Waals surface area contributed by atoms with E-state index in [2.05, 4.69) is 17.4 Å². The van der Waals surface area contributed by atoms with Gasteiger partial charge in [-0.2, -0.15) is 0 Å². The second-order valence-electron chi connectivity index (χ2n) is 11.5. The lowest BCUT2D eigenvalue weighted by atomic mass is 9.98. The second-order valence-corrected chi connectivity index (χ2v) is 12.6. The van der Waals surface area contributed by atoms with E-state index in [0.29, 0.717) is 5.56 Å². The van der Waals surface area contributed by atoms with Gasteiger partial charge in [0.1, 0.15) is 6.61 Å². The molecule has 8 heteroatoms. The van der Waals surface area contributed by atoms with Crippen LogP contribution in [-0.2, 0) is 14.3 Å². The number of esters is 1. The number of aliphatic hydroxyl groups is 1. The number of hydrogen-bond donors (Lipinski definition) is 2. The van der Waals surface area contributed by atoms with Gasteiger partial charge in [0.15, 0.2) is 18.5 Å². The molecule has 1 aliphatic rings. The Hall–Kier alpha value is -5.18. The molecule has 0 aromatic heterocycles. The number of carbonyl (C=O) groups is 3. The van der Waals surface area contributed by atoms with Gasteiger partial charge in [0, 0.05) is 17.2 Å². The van der Waals surface area contributed by atoms with Crippen molar-refractivity contribution in [3.8, 4) is 11.1 Å². The van der Waals surface area contributed by atoms with E-state index in [1.165, 1.54) is 11.8 Å². The minimum atomic E-state index is -1.76. The van der Waals surface area contributed by atoms with E-state index in [0.717, 1.165) is 33.4 Å². The maximum Gasteiger partial charge on any atom is 0.407 e. The van der Waals surface area contributed by atoms with E-state index in [9.17, 15) is 19.5 Å². The summed E-state index contributed by atoms with van der Waals surface area (Å²) >= 11 is 1.46. The molecule has 0 radical (unpaired) electrons. The summed E-state index contributed by atoms with van der Waals surface area (Å²) in [7, 11) is 0. The number of carbonyl (C=O) groups excluding carboxylic acids is 3. The van der Waals surface area contributed by atoms with Gasteiger partial charge in [-0.1, -0.05) is 140 Å². The van der Waals surface area contributed by atoms with Crippen molar-refractivity contribution in [1.29, 1.82) is 0 Å². The molecule has 0 saturated carbocycles. The van der Waals surface area contributed by atoms with Crippen LogP contribution in [0.4, 0.5) is 4.79 Å². The third kappa shape index (κ3) is 7.68. The van der Waals surface area contributed by atoms with Gasteiger partial charge in [-0.25, -0.2) is 9.59 Å². The number of nitrogens with one attached hydrogen (secondary N) is 1. The number of ether oxygens (including phenoxy) is 2. The largest absolute Gasteiger partial charge is 0.455 e. The maximum absolute atomic E-state index is 13.3. The zero-order chi connectivity index (χ0) is 33.3. The summed E-state index contributed by atoms with van der Waals surface area (Å²) in [6, 6.07) is 43.2. The number of hydrogen-bond acceptors (Lipinski definition) is 7. The summed E-state index contributed by atoms with van der Waals surface area (Å²) < 4.78 is 11.0.